The SMILES string of the molecule is CCCCCCc1ccc(-c2ccc(-c3c4nc(c(-c5ccc(-c6ccc(CCCCCC)s6)cc5)c5ccc([nH]5)c(-c5ccc(-c6ccc(CCCCCC)s6)cc5)c5nc(c(-c6ccc(C(=O)OC)cc6)c6ccc3[nH]6)C=C5)C=C4)cc2)s1. The quantitative estimate of drug-likeness (QED) is 0.0494. The second-order valence-corrected chi connectivity index (χ2v) is 26.0. The summed E-state index contributed by atoms with van der Waals surface area (Å²) in [5, 5.41) is 0. The number of thiophene rings is 3. The Morgan fingerprint density at radius 2 is 0.635 bits per heavy atom. The van der Waals surface area contributed by atoms with Gasteiger partial charge in [-0.25, -0.2) is 14.8 Å². The first kappa shape index (κ1) is 57.5. The lowest BCUT2D eigenvalue weighted by Crippen LogP contribution is -2.00. The van der Waals surface area contributed by atoms with Gasteiger partial charge in [-0.2, -0.15) is 0 Å². The van der Waals surface area contributed by atoms with Gasteiger partial charge in [0.1, 0.15) is 0 Å². The van der Waals surface area contributed by atoms with E-state index in [4.69, 9.17) is 14.7 Å². The molecule has 0 fully saturated rings. The van der Waals surface area contributed by atoms with Crippen molar-refractivity contribution in [2.24, 2.45) is 0 Å². The van der Waals surface area contributed by atoms with Crippen LogP contribution < -0.4 is 0 Å². The minimum absolute atomic E-state index is 0.380. The molecule has 6 nitrogen and oxygen atoms in total. The van der Waals surface area contributed by atoms with Crippen LogP contribution >= 0.6 is 34.0 Å². The molecule has 85 heavy (non-hydrogen) atoms. The summed E-state index contributed by atoms with van der Waals surface area (Å²) in [5.41, 5.74) is 19.2. The third-order valence-corrected chi connectivity index (χ3v) is 20.1. The van der Waals surface area contributed by atoms with Gasteiger partial charge in [0.05, 0.1) is 35.4 Å². The highest BCUT2D eigenvalue weighted by atomic mass is 32.1. The van der Waals surface area contributed by atoms with Crippen LogP contribution in [0.3, 0.4) is 0 Å². The van der Waals surface area contributed by atoms with Crippen LogP contribution in [0.15, 0.2) is 158 Å². The molecule has 0 aliphatic carbocycles. The van der Waals surface area contributed by atoms with Gasteiger partial charge in [0, 0.05) is 73.6 Å². The number of rotatable bonds is 23. The molecule has 8 heterocycles. The fourth-order valence-corrected chi connectivity index (χ4v) is 15.1. The van der Waals surface area contributed by atoms with E-state index in [2.05, 4.69) is 189 Å². The number of nitrogens with zero attached hydrogens (tertiary/aromatic N) is 2. The monoisotopic (exact) mass is 1170 g/mol. The van der Waals surface area contributed by atoms with E-state index in [1.54, 1.807) is 0 Å². The first-order valence-electron chi connectivity index (χ1n) is 30.8. The van der Waals surface area contributed by atoms with Gasteiger partial charge in [-0.1, -0.05) is 163 Å². The molecule has 0 spiro atoms. The molecule has 2 aliphatic rings. The maximum Gasteiger partial charge on any atom is 0.337 e. The minimum atomic E-state index is -0.380. The molecule has 0 saturated heterocycles. The van der Waals surface area contributed by atoms with Gasteiger partial charge in [0.15, 0.2) is 0 Å². The van der Waals surface area contributed by atoms with E-state index >= 15 is 0 Å². The second kappa shape index (κ2) is 27.0. The maximum absolute atomic E-state index is 12.8. The lowest BCUT2D eigenvalue weighted by Gasteiger charge is -2.08. The van der Waals surface area contributed by atoms with Gasteiger partial charge < -0.3 is 14.7 Å². The zero-order valence-corrected chi connectivity index (χ0v) is 51.8. The number of aryl methyl sites for hydroxylation is 3. The first-order valence-corrected chi connectivity index (χ1v) is 33.2. The number of carbonyl (C=O) groups excluding carboxylic acids is 1. The van der Waals surface area contributed by atoms with Crippen LogP contribution in [-0.4, -0.2) is 33.0 Å². The number of aromatic amines is 2. The van der Waals surface area contributed by atoms with Crippen LogP contribution in [0.2, 0.25) is 0 Å². The average molecular weight is 1170 g/mol. The number of ether oxygens (including phenoxy) is 1. The van der Waals surface area contributed by atoms with E-state index in [1.165, 1.54) is 130 Å². The smallest absolute Gasteiger partial charge is 0.337 e. The Bertz CT molecular complexity index is 4090. The Morgan fingerprint density at radius 1 is 0.353 bits per heavy atom. The van der Waals surface area contributed by atoms with Crippen LogP contribution in [0.5, 0.6) is 0 Å². The molecule has 0 unspecified atom stereocenters. The first-order chi connectivity index (χ1) is 41.8. The van der Waals surface area contributed by atoms with Crippen molar-refractivity contribution in [2.75, 3.05) is 7.11 Å². The fraction of sp³-hybridized carbons (Fsp3) is 0.250. The van der Waals surface area contributed by atoms with Gasteiger partial charge in [0.2, 0.25) is 0 Å². The number of aromatic nitrogens is 4. The topological polar surface area (TPSA) is 83.7 Å². The highest BCUT2D eigenvalue weighted by Crippen LogP contribution is 2.41. The molecule has 4 aromatic carbocycles. The van der Waals surface area contributed by atoms with E-state index < -0.39 is 0 Å². The van der Waals surface area contributed by atoms with Crippen molar-refractivity contribution in [3.63, 3.8) is 0 Å². The molecule has 8 bridgehead atoms. The summed E-state index contributed by atoms with van der Waals surface area (Å²) in [6.45, 7) is 6.81. The number of H-pyrrole nitrogens is 2. The summed E-state index contributed by atoms with van der Waals surface area (Å²) < 4.78 is 5.13. The fourth-order valence-electron chi connectivity index (χ4n) is 11.9. The van der Waals surface area contributed by atoms with Crippen molar-refractivity contribution in [1.82, 2.24) is 19.9 Å². The van der Waals surface area contributed by atoms with Gasteiger partial charge in [0.25, 0.3) is 0 Å². The van der Waals surface area contributed by atoms with Crippen LogP contribution in [0.25, 0.3) is 122 Å². The molecular weight excluding hydrogens is 1100 g/mol. The Kier molecular flexibility index (Phi) is 18.2. The third kappa shape index (κ3) is 13.0. The number of carbonyl (C=O) groups is 1. The van der Waals surface area contributed by atoms with E-state index in [-0.39, 0.29) is 5.97 Å². The molecule has 2 N–H and O–H groups in total. The second-order valence-electron chi connectivity index (χ2n) is 22.5. The van der Waals surface area contributed by atoms with Gasteiger partial charge >= 0.3 is 5.97 Å². The number of unbranched alkanes of at least 4 members (excludes halogenated alkanes) is 9. The van der Waals surface area contributed by atoms with Crippen LogP contribution in [0, 0.1) is 0 Å². The lowest BCUT2D eigenvalue weighted by atomic mass is 10.0. The largest absolute Gasteiger partial charge is 0.465 e. The van der Waals surface area contributed by atoms with Crippen molar-refractivity contribution in [3.05, 3.63) is 201 Å². The normalized spacial score (nSPS) is 12.0. The summed E-state index contributed by atoms with van der Waals surface area (Å²) in [5.74, 6) is -0.380. The highest BCUT2D eigenvalue weighted by Gasteiger charge is 2.21. The van der Waals surface area contributed by atoms with Crippen LogP contribution in [0.1, 0.15) is 146 Å². The summed E-state index contributed by atoms with van der Waals surface area (Å²) in [6.07, 6.45) is 27.2. The molecule has 9 heteroatoms. The van der Waals surface area contributed by atoms with Crippen LogP contribution in [0.4, 0.5) is 0 Å². The third-order valence-electron chi connectivity index (χ3n) is 16.5. The van der Waals surface area contributed by atoms with Crippen molar-refractivity contribution >= 4 is 86.4 Å². The predicted molar refractivity (Wildman–Crippen MR) is 365 cm³/mol. The number of hydrogen-bond donors (Lipinski definition) is 2. The molecule has 6 aromatic heterocycles. The molecular formula is C76H74N4O2S3. The van der Waals surface area contributed by atoms with Crippen molar-refractivity contribution in [1.29, 1.82) is 0 Å². The Labute approximate surface area is 513 Å². The highest BCUT2D eigenvalue weighted by molar-refractivity contribution is 7.16. The average Bonchev–Trinajstić information content (AvgIpc) is 4.36. The maximum atomic E-state index is 12.8. The zero-order chi connectivity index (χ0) is 58.1. The van der Waals surface area contributed by atoms with E-state index in [1.807, 2.05) is 58.3 Å². The zero-order valence-electron chi connectivity index (χ0n) is 49.4. The van der Waals surface area contributed by atoms with Crippen LogP contribution in [-0.2, 0) is 24.0 Å². The molecule has 0 amide bonds. The Hall–Kier alpha value is -7.95. The van der Waals surface area contributed by atoms with Gasteiger partial charge in [-0.3, -0.25) is 0 Å². The van der Waals surface area contributed by atoms with Gasteiger partial charge in [-0.05, 0) is 175 Å². The molecule has 0 radical (unpaired) electrons. The van der Waals surface area contributed by atoms with Crippen molar-refractivity contribution in [2.45, 2.75) is 117 Å². The Morgan fingerprint density at radius 3 is 0.918 bits per heavy atom. The number of hydrogen-bond acceptors (Lipinski definition) is 7. The standard InChI is InChI=1S/C76H74N4O2S3/c1-5-8-11-14-17-58-36-47-69(83-58)50-20-26-53(27-21-50)72-61-39-41-63(77-61)73(54-28-22-51(23-29-54)70-48-37-59(84-70)18-15-12-9-6-2)65-43-45-67(79-65)75(56-32-34-57(35-33-56)76(81)82-4)68-46-44-66(80-68)74(64-42-40-62(72)78-64)55-30-24-52(25-31-55)71-49-38-60(85-71)19-16-13-10-7-3/h20-49,77,80H,5-19H2,1-4H3. The lowest BCUT2D eigenvalue weighted by molar-refractivity contribution is 0.0600. The van der Waals surface area contributed by atoms with Crippen molar-refractivity contribution in [3.8, 4) is 75.8 Å². The number of benzene rings is 4. The molecule has 2 aliphatic heterocycles. The number of esters is 1. The number of methoxy groups -OCH3 is 1. The van der Waals surface area contributed by atoms with E-state index in [0.717, 1.165) is 109 Å². The summed E-state index contributed by atoms with van der Waals surface area (Å²) in [6, 6.07) is 57.3. The molecule has 428 valence electrons. The van der Waals surface area contributed by atoms with Crippen molar-refractivity contribution < 1.29 is 9.53 Å². The molecule has 10 aromatic rings. The molecule has 0 atom stereocenters. The summed E-state index contributed by atoms with van der Waals surface area (Å²) in [7, 11) is 1.42. The molecule has 12 rings (SSSR count). The predicted octanol–water partition coefficient (Wildman–Crippen LogP) is 22.7. The van der Waals surface area contributed by atoms with Gasteiger partial charge in [-0.15, -0.1) is 34.0 Å². The molecule has 0 saturated carbocycles. The summed E-state index contributed by atoms with van der Waals surface area (Å²) in [4.78, 5) is 40.1. The summed E-state index contributed by atoms with van der Waals surface area (Å²) >= 11 is 5.73. The Balaban J connectivity index is 1.04. The number of nitrogens with one attached hydrogen (secondary N) is 2. The minimum Gasteiger partial charge on any atom is -0.465 e. The number of fused-ring (bicyclic) bond motifs is 8. The van der Waals surface area contributed by atoms with E-state index in [0.29, 0.717) is 5.56 Å². The van der Waals surface area contributed by atoms with E-state index in [9.17, 15) is 4.79 Å².